The monoisotopic (exact) mass is 271 g/mol. The zero-order valence-electron chi connectivity index (χ0n) is 11.6. The minimum atomic E-state index is -0.154. The molecule has 4 N–H and O–H groups in total. The summed E-state index contributed by atoms with van der Waals surface area (Å²) in [6.45, 7) is 0. The van der Waals surface area contributed by atoms with Crippen molar-refractivity contribution < 1.29 is 0 Å². The van der Waals surface area contributed by atoms with Crippen LogP contribution in [-0.4, -0.2) is 9.97 Å². The first-order chi connectivity index (χ1) is 9.69. The molecular formula is C16H21N3O. The molecule has 1 aromatic carbocycles. The van der Waals surface area contributed by atoms with E-state index in [4.69, 9.17) is 5.73 Å². The van der Waals surface area contributed by atoms with Gasteiger partial charge in [0.05, 0.1) is 11.0 Å². The van der Waals surface area contributed by atoms with Crippen LogP contribution < -0.4 is 11.4 Å². The molecule has 0 spiro atoms. The van der Waals surface area contributed by atoms with E-state index in [1.54, 1.807) is 0 Å². The van der Waals surface area contributed by atoms with Gasteiger partial charge in [-0.15, -0.1) is 0 Å². The number of aromatic nitrogens is 2. The van der Waals surface area contributed by atoms with E-state index >= 15 is 0 Å². The normalized spacial score (nSPS) is 30.1. The third-order valence-electron chi connectivity index (χ3n) is 5.41. The first kappa shape index (κ1) is 12.2. The second kappa shape index (κ2) is 4.48. The van der Waals surface area contributed by atoms with Crippen LogP contribution in [0.3, 0.4) is 0 Å². The van der Waals surface area contributed by atoms with Crippen LogP contribution in [-0.2, 0) is 0 Å². The minimum Gasteiger partial charge on any atom is -0.324 e. The maximum absolute atomic E-state index is 11.3. The molecule has 0 aliphatic heterocycles. The van der Waals surface area contributed by atoms with Gasteiger partial charge in [-0.05, 0) is 61.1 Å². The Morgan fingerprint density at radius 3 is 2.80 bits per heavy atom. The highest BCUT2D eigenvalue weighted by Crippen LogP contribution is 2.50. The molecule has 0 saturated heterocycles. The van der Waals surface area contributed by atoms with Gasteiger partial charge in [0.25, 0.3) is 0 Å². The Bertz CT molecular complexity index is 686. The van der Waals surface area contributed by atoms with Crippen LogP contribution in [0, 0.1) is 17.8 Å². The summed E-state index contributed by atoms with van der Waals surface area (Å²) in [4.78, 5) is 16.9. The fourth-order valence-electron chi connectivity index (χ4n) is 4.41. The topological polar surface area (TPSA) is 74.7 Å². The Labute approximate surface area is 117 Å². The van der Waals surface area contributed by atoms with Gasteiger partial charge in [-0.25, -0.2) is 4.79 Å². The van der Waals surface area contributed by atoms with Crippen molar-refractivity contribution in [2.45, 2.75) is 38.1 Å². The summed E-state index contributed by atoms with van der Waals surface area (Å²) >= 11 is 0. The summed E-state index contributed by atoms with van der Waals surface area (Å²) in [5.41, 5.74) is 9.09. The van der Waals surface area contributed by atoms with Crippen molar-refractivity contribution >= 4 is 11.0 Å². The molecule has 4 unspecified atom stereocenters. The van der Waals surface area contributed by atoms with E-state index in [9.17, 15) is 4.79 Å². The van der Waals surface area contributed by atoms with Crippen molar-refractivity contribution in [3.05, 3.63) is 34.2 Å². The number of nitrogens with two attached hydrogens (primary N) is 1. The second-order valence-corrected chi connectivity index (χ2v) is 6.66. The van der Waals surface area contributed by atoms with Gasteiger partial charge in [0.1, 0.15) is 0 Å². The smallest absolute Gasteiger partial charge is 0.323 e. The molecule has 2 aliphatic rings. The van der Waals surface area contributed by atoms with Gasteiger partial charge in [-0.3, -0.25) is 0 Å². The molecule has 0 amide bonds. The van der Waals surface area contributed by atoms with Gasteiger partial charge in [0.2, 0.25) is 0 Å². The number of rotatable bonds is 3. The van der Waals surface area contributed by atoms with Gasteiger partial charge < -0.3 is 15.7 Å². The molecule has 2 bridgehead atoms. The lowest BCUT2D eigenvalue weighted by atomic mass is 9.83. The maximum atomic E-state index is 11.3. The van der Waals surface area contributed by atoms with Crippen LogP contribution in [0.4, 0.5) is 0 Å². The molecule has 4 heteroatoms. The van der Waals surface area contributed by atoms with Crippen LogP contribution in [0.1, 0.15) is 43.7 Å². The molecular weight excluding hydrogens is 250 g/mol. The number of fused-ring (bicyclic) bond motifs is 3. The summed E-state index contributed by atoms with van der Waals surface area (Å²) in [6, 6.07) is 6.10. The molecule has 4 nitrogen and oxygen atoms in total. The number of aromatic amines is 2. The second-order valence-electron chi connectivity index (χ2n) is 6.66. The predicted molar refractivity (Wildman–Crippen MR) is 79.4 cm³/mol. The van der Waals surface area contributed by atoms with E-state index in [-0.39, 0.29) is 11.7 Å². The van der Waals surface area contributed by atoms with Gasteiger partial charge in [-0.1, -0.05) is 12.5 Å². The highest BCUT2D eigenvalue weighted by atomic mass is 16.1. The van der Waals surface area contributed by atoms with Crippen molar-refractivity contribution in [2.24, 2.45) is 23.5 Å². The highest BCUT2D eigenvalue weighted by Gasteiger charge is 2.39. The van der Waals surface area contributed by atoms with E-state index < -0.39 is 0 Å². The van der Waals surface area contributed by atoms with E-state index in [2.05, 4.69) is 9.97 Å². The highest BCUT2D eigenvalue weighted by molar-refractivity contribution is 5.75. The van der Waals surface area contributed by atoms with E-state index in [1.165, 1.54) is 25.7 Å². The number of hydrogen-bond acceptors (Lipinski definition) is 2. The van der Waals surface area contributed by atoms with Crippen LogP contribution >= 0.6 is 0 Å². The average Bonchev–Trinajstić information content (AvgIpc) is 3.10. The third kappa shape index (κ3) is 1.99. The molecule has 20 heavy (non-hydrogen) atoms. The van der Waals surface area contributed by atoms with Gasteiger partial charge in [0, 0.05) is 6.04 Å². The molecule has 0 radical (unpaired) electrons. The first-order valence-corrected chi connectivity index (χ1v) is 7.66. The summed E-state index contributed by atoms with van der Waals surface area (Å²) in [6.07, 6.45) is 6.74. The van der Waals surface area contributed by atoms with Crippen LogP contribution in [0.25, 0.3) is 11.0 Å². The number of benzene rings is 1. The zero-order chi connectivity index (χ0) is 13.7. The fraction of sp³-hybridized carbons (Fsp3) is 0.562. The third-order valence-corrected chi connectivity index (χ3v) is 5.41. The molecule has 2 aliphatic carbocycles. The van der Waals surface area contributed by atoms with Gasteiger partial charge in [0.15, 0.2) is 0 Å². The van der Waals surface area contributed by atoms with Crippen molar-refractivity contribution in [3.63, 3.8) is 0 Å². The maximum Gasteiger partial charge on any atom is 0.323 e. The van der Waals surface area contributed by atoms with Crippen LogP contribution in [0.2, 0.25) is 0 Å². The summed E-state index contributed by atoms with van der Waals surface area (Å²) in [5, 5.41) is 0. The predicted octanol–water partition coefficient (Wildman–Crippen LogP) is 2.68. The zero-order valence-corrected chi connectivity index (χ0v) is 11.6. The van der Waals surface area contributed by atoms with Crippen LogP contribution in [0.5, 0.6) is 0 Å². The van der Waals surface area contributed by atoms with E-state index in [0.29, 0.717) is 0 Å². The number of nitrogens with one attached hydrogen (secondary N) is 2. The standard InChI is InChI=1S/C16H21N3O/c17-13(7-12-6-9-1-2-10(12)5-9)11-3-4-14-15(8-11)19-16(20)18-14/h3-4,8-10,12-13H,1-2,5-7,17H2,(H2,18,19,20). The Morgan fingerprint density at radius 1 is 1.20 bits per heavy atom. The molecule has 2 aromatic rings. The lowest BCUT2D eigenvalue weighted by Crippen LogP contribution is -2.19. The summed E-state index contributed by atoms with van der Waals surface area (Å²) < 4.78 is 0. The molecule has 2 saturated carbocycles. The number of imidazole rings is 1. The quantitative estimate of drug-likeness (QED) is 0.803. The largest absolute Gasteiger partial charge is 0.324 e. The summed E-state index contributed by atoms with van der Waals surface area (Å²) in [7, 11) is 0. The molecule has 106 valence electrons. The Balaban J connectivity index is 1.54. The SMILES string of the molecule is NC(CC1CC2CCC1C2)c1ccc2[nH]c(=O)[nH]c2c1. The number of hydrogen-bond donors (Lipinski definition) is 3. The number of H-pyrrole nitrogens is 2. The van der Waals surface area contributed by atoms with Crippen molar-refractivity contribution in [3.8, 4) is 0 Å². The molecule has 1 aromatic heterocycles. The fourth-order valence-corrected chi connectivity index (χ4v) is 4.41. The lowest BCUT2D eigenvalue weighted by molar-refractivity contribution is 0.296. The van der Waals surface area contributed by atoms with Crippen molar-refractivity contribution in [1.82, 2.24) is 9.97 Å². The minimum absolute atomic E-state index is 0.0853. The van der Waals surface area contributed by atoms with Gasteiger partial charge >= 0.3 is 5.69 Å². The van der Waals surface area contributed by atoms with E-state index in [0.717, 1.165) is 40.8 Å². The molecule has 2 fully saturated rings. The Hall–Kier alpha value is -1.55. The Morgan fingerprint density at radius 2 is 2.05 bits per heavy atom. The van der Waals surface area contributed by atoms with Gasteiger partial charge in [-0.2, -0.15) is 0 Å². The first-order valence-electron chi connectivity index (χ1n) is 7.66. The summed E-state index contributed by atoms with van der Waals surface area (Å²) in [5.74, 6) is 2.70. The average molecular weight is 271 g/mol. The molecule has 1 heterocycles. The molecule has 4 rings (SSSR count). The Kier molecular flexibility index (Phi) is 2.74. The molecule has 4 atom stereocenters. The van der Waals surface area contributed by atoms with Crippen LogP contribution in [0.15, 0.2) is 23.0 Å². The van der Waals surface area contributed by atoms with E-state index in [1.807, 2.05) is 18.2 Å². The van der Waals surface area contributed by atoms with Crippen molar-refractivity contribution in [2.75, 3.05) is 0 Å². The van der Waals surface area contributed by atoms with Crippen molar-refractivity contribution in [1.29, 1.82) is 0 Å². The lowest BCUT2D eigenvalue weighted by Gasteiger charge is -2.24.